The molecule has 148 valence electrons. The summed E-state index contributed by atoms with van der Waals surface area (Å²) >= 11 is 0. The third-order valence-corrected chi connectivity index (χ3v) is 6.69. The van der Waals surface area contributed by atoms with Gasteiger partial charge in [0.1, 0.15) is 5.82 Å². The Morgan fingerprint density at radius 3 is 2.82 bits per heavy atom. The van der Waals surface area contributed by atoms with Crippen molar-refractivity contribution >= 4 is 5.91 Å². The molecule has 1 saturated carbocycles. The maximum absolute atomic E-state index is 13.5. The second kappa shape index (κ2) is 7.32. The van der Waals surface area contributed by atoms with Crippen molar-refractivity contribution in [3.63, 3.8) is 0 Å². The van der Waals surface area contributed by atoms with E-state index in [-0.39, 0.29) is 11.7 Å². The molecule has 6 heteroatoms. The Morgan fingerprint density at radius 1 is 1.14 bits per heavy atom. The van der Waals surface area contributed by atoms with Crippen LogP contribution < -0.4 is 0 Å². The third kappa shape index (κ3) is 3.46. The van der Waals surface area contributed by atoms with E-state index in [0.29, 0.717) is 17.9 Å². The first-order valence-electron chi connectivity index (χ1n) is 10.5. The summed E-state index contributed by atoms with van der Waals surface area (Å²) in [5.74, 6) is 0.996. The number of benzene rings is 1. The summed E-state index contributed by atoms with van der Waals surface area (Å²) in [4.78, 5) is 17.4. The molecule has 6 rings (SSSR count). The van der Waals surface area contributed by atoms with Crippen molar-refractivity contribution in [1.82, 2.24) is 19.6 Å². The molecule has 1 amide bonds. The minimum Gasteiger partial charge on any atom is -0.341 e. The van der Waals surface area contributed by atoms with E-state index in [9.17, 15) is 9.18 Å². The second-order valence-corrected chi connectivity index (χ2v) is 8.67. The fourth-order valence-electron chi connectivity index (χ4n) is 4.90. The average Bonchev–Trinajstić information content (AvgIpc) is 2.91. The van der Waals surface area contributed by atoms with Crippen molar-refractivity contribution in [2.75, 3.05) is 19.6 Å². The maximum Gasteiger partial charge on any atom is 0.225 e. The summed E-state index contributed by atoms with van der Waals surface area (Å²) in [5, 5.41) is 4.42. The Bertz CT molecular complexity index is 862. The summed E-state index contributed by atoms with van der Waals surface area (Å²) in [6.45, 7) is 3.67. The summed E-state index contributed by atoms with van der Waals surface area (Å²) in [5.41, 5.74) is 1.87. The second-order valence-electron chi connectivity index (χ2n) is 8.67. The number of hydrogen-bond donors (Lipinski definition) is 0. The van der Waals surface area contributed by atoms with Gasteiger partial charge in [0.15, 0.2) is 0 Å². The van der Waals surface area contributed by atoms with Gasteiger partial charge >= 0.3 is 0 Å². The Balaban J connectivity index is 1.28. The summed E-state index contributed by atoms with van der Waals surface area (Å²) < 4.78 is 15.2. The molecule has 2 aromatic rings. The standard InChI is InChI=1S/C22H27FN4O/c23-19-5-2-6-20(9-19)27-14-17(10-24-27)13-25-11-16-7-8-21(25)15-26(12-16)22(28)18-3-1-4-18/h2,5-6,9-10,14,16,18,21H,1,3-4,7-8,11-13,15H2/t16-,21-/m0/s1. The molecule has 0 unspecified atom stereocenters. The summed E-state index contributed by atoms with van der Waals surface area (Å²) in [6.07, 6.45) is 9.61. The van der Waals surface area contributed by atoms with Crippen LogP contribution in [-0.2, 0) is 11.3 Å². The molecule has 0 spiro atoms. The minimum absolute atomic E-state index is 0.254. The van der Waals surface area contributed by atoms with Crippen LogP contribution in [0.3, 0.4) is 0 Å². The average molecular weight is 382 g/mol. The van der Waals surface area contributed by atoms with Crippen LogP contribution in [0.5, 0.6) is 0 Å². The highest BCUT2D eigenvalue weighted by Crippen LogP contribution is 2.33. The molecule has 1 aromatic carbocycles. The maximum atomic E-state index is 13.5. The zero-order chi connectivity index (χ0) is 19.1. The molecule has 4 heterocycles. The molecule has 0 N–H and O–H groups in total. The van der Waals surface area contributed by atoms with Gasteiger partial charge in [0.05, 0.1) is 11.9 Å². The highest BCUT2D eigenvalue weighted by atomic mass is 19.1. The predicted octanol–water partition coefficient (Wildman–Crippen LogP) is 3.23. The molecule has 28 heavy (non-hydrogen) atoms. The van der Waals surface area contributed by atoms with Crippen molar-refractivity contribution in [2.45, 2.75) is 44.7 Å². The van der Waals surface area contributed by atoms with Gasteiger partial charge in [0.25, 0.3) is 0 Å². The van der Waals surface area contributed by atoms with Crippen molar-refractivity contribution in [3.05, 3.63) is 48.0 Å². The van der Waals surface area contributed by atoms with Crippen molar-refractivity contribution in [2.24, 2.45) is 11.8 Å². The molecule has 2 atom stereocenters. The fraction of sp³-hybridized carbons (Fsp3) is 0.545. The van der Waals surface area contributed by atoms with Gasteiger partial charge in [0, 0.05) is 49.9 Å². The Morgan fingerprint density at radius 2 is 2.04 bits per heavy atom. The van der Waals surface area contributed by atoms with Crippen LogP contribution in [0.1, 0.15) is 37.7 Å². The number of halogens is 1. The molecule has 4 fully saturated rings. The van der Waals surface area contributed by atoms with E-state index >= 15 is 0 Å². The van der Waals surface area contributed by atoms with E-state index in [1.54, 1.807) is 10.7 Å². The smallest absolute Gasteiger partial charge is 0.225 e. The topological polar surface area (TPSA) is 41.4 Å². The van der Waals surface area contributed by atoms with Gasteiger partial charge in [-0.1, -0.05) is 12.5 Å². The van der Waals surface area contributed by atoms with Gasteiger partial charge in [-0.25, -0.2) is 9.07 Å². The van der Waals surface area contributed by atoms with E-state index in [1.165, 1.54) is 25.0 Å². The first-order valence-corrected chi connectivity index (χ1v) is 10.5. The zero-order valence-corrected chi connectivity index (χ0v) is 16.1. The van der Waals surface area contributed by atoms with Gasteiger partial charge in [-0.2, -0.15) is 5.10 Å². The van der Waals surface area contributed by atoms with Gasteiger partial charge in [0.2, 0.25) is 5.91 Å². The number of carbonyl (C=O) groups excluding carboxylic acids is 1. The van der Waals surface area contributed by atoms with Crippen LogP contribution in [0.4, 0.5) is 4.39 Å². The molecular formula is C22H27FN4O. The lowest BCUT2D eigenvalue weighted by atomic mass is 9.84. The van der Waals surface area contributed by atoms with E-state index in [2.05, 4.69) is 14.9 Å². The van der Waals surface area contributed by atoms with E-state index in [4.69, 9.17) is 0 Å². The van der Waals surface area contributed by atoms with Gasteiger partial charge in [-0.3, -0.25) is 9.69 Å². The first kappa shape index (κ1) is 17.9. The van der Waals surface area contributed by atoms with E-state index in [0.717, 1.165) is 56.7 Å². The number of aromatic nitrogens is 2. The van der Waals surface area contributed by atoms with E-state index < -0.39 is 0 Å². The lowest BCUT2D eigenvalue weighted by Gasteiger charge is -2.36. The van der Waals surface area contributed by atoms with Crippen LogP contribution >= 0.6 is 0 Å². The number of fused-ring (bicyclic) bond motifs is 4. The molecular weight excluding hydrogens is 355 g/mol. The molecule has 2 bridgehead atoms. The molecule has 1 aliphatic carbocycles. The fourth-order valence-corrected chi connectivity index (χ4v) is 4.90. The Hall–Kier alpha value is -2.21. The number of amides is 1. The van der Waals surface area contributed by atoms with Crippen LogP contribution in [-0.4, -0.2) is 51.2 Å². The molecule has 3 saturated heterocycles. The molecule has 1 aromatic heterocycles. The van der Waals surface area contributed by atoms with Crippen molar-refractivity contribution in [1.29, 1.82) is 0 Å². The van der Waals surface area contributed by atoms with E-state index in [1.807, 2.05) is 18.5 Å². The third-order valence-electron chi connectivity index (χ3n) is 6.69. The summed E-state index contributed by atoms with van der Waals surface area (Å²) in [6, 6.07) is 6.93. The number of hydrogen-bond acceptors (Lipinski definition) is 3. The monoisotopic (exact) mass is 382 g/mol. The quantitative estimate of drug-likeness (QED) is 0.815. The van der Waals surface area contributed by atoms with Gasteiger partial charge in [-0.05, 0) is 49.8 Å². The van der Waals surface area contributed by atoms with Crippen LogP contribution in [0.2, 0.25) is 0 Å². The Kier molecular flexibility index (Phi) is 4.67. The van der Waals surface area contributed by atoms with Crippen molar-refractivity contribution in [3.8, 4) is 5.69 Å². The highest BCUT2D eigenvalue weighted by Gasteiger charge is 2.39. The number of nitrogens with zero attached hydrogens (tertiary/aromatic N) is 4. The summed E-state index contributed by atoms with van der Waals surface area (Å²) in [7, 11) is 0. The van der Waals surface area contributed by atoms with Crippen molar-refractivity contribution < 1.29 is 9.18 Å². The van der Waals surface area contributed by atoms with Crippen LogP contribution in [0.25, 0.3) is 5.69 Å². The minimum atomic E-state index is -0.254. The van der Waals surface area contributed by atoms with Gasteiger partial charge in [-0.15, -0.1) is 0 Å². The number of carbonyl (C=O) groups is 1. The molecule has 3 aliphatic heterocycles. The van der Waals surface area contributed by atoms with Crippen LogP contribution in [0, 0.1) is 17.7 Å². The molecule has 5 nitrogen and oxygen atoms in total. The number of piperidine rings is 1. The van der Waals surface area contributed by atoms with Gasteiger partial charge < -0.3 is 4.90 Å². The normalized spacial score (nSPS) is 25.5. The first-order chi connectivity index (χ1) is 13.7. The molecule has 4 aliphatic rings. The predicted molar refractivity (Wildman–Crippen MR) is 104 cm³/mol. The number of rotatable bonds is 4. The zero-order valence-electron chi connectivity index (χ0n) is 16.1. The van der Waals surface area contributed by atoms with Crippen LogP contribution in [0.15, 0.2) is 36.7 Å². The molecule has 0 radical (unpaired) electrons. The SMILES string of the molecule is O=C(C1CCC1)N1C[C@H]2CC[C@@H](C1)N(Cc1cnn(-c3cccc(F)c3)c1)C2. The highest BCUT2D eigenvalue weighted by molar-refractivity contribution is 5.79. The largest absolute Gasteiger partial charge is 0.341 e. The lowest BCUT2D eigenvalue weighted by molar-refractivity contribution is -0.138. The lowest BCUT2D eigenvalue weighted by Crippen LogP contribution is -2.45. The Labute approximate surface area is 165 Å².